The van der Waals surface area contributed by atoms with E-state index in [4.69, 9.17) is 89.2 Å². The molecule has 59 heteroatoms. The molecule has 5 saturated heterocycles. The molecule has 622 valence electrons. The van der Waals surface area contributed by atoms with Gasteiger partial charge in [-0.3, -0.25) is 31.9 Å². The van der Waals surface area contributed by atoms with Crippen molar-refractivity contribution in [2.45, 2.75) is 112 Å². The molecule has 109 heavy (non-hydrogen) atoms. The number of phosphoric acid groups is 6. The number of methoxy groups -OCH3 is 4. The maximum atomic E-state index is 12.4. The Morgan fingerprint density at radius 3 is 0.991 bits per heavy atom. The fraction of sp³-hybridized carbons (Fsp3) is 0.680. The summed E-state index contributed by atoms with van der Waals surface area (Å²) in [5.41, 5.74) is -2.53. The van der Waals surface area contributed by atoms with E-state index in [1.54, 1.807) is 88.1 Å². The number of nitrogens with zero attached hydrogens (tertiary/aromatic N) is 12. The number of anilines is 4. The van der Waals surface area contributed by atoms with Crippen LogP contribution in [-0.4, -0.2) is 278 Å². The standard InChI is InChI=1S/C12H18Cl2N3O6P.C12H22N3O14P3.C12H20N3O13P3.C12H19N3O5.C2H6/c1-16(2)8-4-5-17(12(19)15-8)11-10(21-3)9(18)7(23-11)6-22-24(13,14)20;1-14(2)8-4-5-15(12(17)13-8)11-10(25-3)9(16)7(27-11)6-26-31(21,22)29-32(23,24)28-30(18,19)20;1-14(2)8-4-5-15(12(17)13-8)11-10(23-3)9(16)7(25-11)6-24-31(22)27-29(18,19)26-30(20,21)28-31;1-14(2)8-4-5-15(12(18)13-8)11-10(19-3)9(17)7(6-16)20-11;1-2/h4-5,7,9-11,18H,6H2,1-3H3;4-5,7,9-11,16H,6H2,1-3H3,(H,21,22)(H,23,24)(H2,18,19,20);4-5,7,9-11,16H,6H2,1-3H3,(H,18,19)(H,20,21);4-5,7,9-11,16-17H,6H2,1-3H3;1-2H3/t4*7-,9+,10?,11-;/m1111./s1. The summed E-state index contributed by atoms with van der Waals surface area (Å²) < 4.78 is 161. The number of rotatable bonds is 26. The maximum absolute atomic E-state index is 12.4. The molecule has 9 rings (SSSR count). The molecule has 0 saturated carbocycles. The molecule has 5 aliphatic heterocycles. The zero-order valence-electron chi connectivity index (χ0n) is 59.9. The predicted octanol–water partition coefficient (Wildman–Crippen LogP) is -0.317. The number of aliphatic hydroxyl groups is 5. The summed E-state index contributed by atoms with van der Waals surface area (Å²) >= 11 is 10.6. The van der Waals surface area contributed by atoms with E-state index in [9.17, 15) is 86.2 Å². The van der Waals surface area contributed by atoms with Crippen LogP contribution >= 0.6 is 75.5 Å². The van der Waals surface area contributed by atoms with Crippen molar-refractivity contribution in [1.29, 1.82) is 0 Å². The molecule has 9 heterocycles. The Labute approximate surface area is 628 Å². The molecule has 0 spiro atoms. The molecule has 0 bridgehead atoms. The van der Waals surface area contributed by atoms with Crippen LogP contribution in [0.25, 0.3) is 0 Å². The minimum absolute atomic E-state index is 0.320. The molecule has 0 radical (unpaired) electrons. The van der Waals surface area contributed by atoms with Crippen LogP contribution in [0.1, 0.15) is 38.8 Å². The minimum Gasteiger partial charge on any atom is -0.394 e. The highest BCUT2D eigenvalue weighted by molar-refractivity contribution is 8.05. The van der Waals surface area contributed by atoms with Gasteiger partial charge in [0.2, 0.25) is 0 Å². The lowest BCUT2D eigenvalue weighted by Gasteiger charge is -2.27. The lowest BCUT2D eigenvalue weighted by Crippen LogP contribution is -2.37. The smallest absolute Gasteiger partial charge is 0.394 e. The van der Waals surface area contributed by atoms with Gasteiger partial charge in [0.15, 0.2) is 24.9 Å². The first-order valence-corrected chi connectivity index (χ1v) is 43.4. The summed E-state index contributed by atoms with van der Waals surface area (Å²) in [4.78, 5) is 125. The van der Waals surface area contributed by atoms with Gasteiger partial charge in [-0.05, 0) is 46.7 Å². The molecule has 50 nitrogen and oxygen atoms in total. The van der Waals surface area contributed by atoms with Crippen molar-refractivity contribution in [3.05, 3.63) is 91.0 Å². The number of halogens is 2. The van der Waals surface area contributed by atoms with Crippen LogP contribution in [-0.2, 0) is 105 Å². The van der Waals surface area contributed by atoms with Gasteiger partial charge in [-0.1, -0.05) is 13.8 Å². The van der Waals surface area contributed by atoms with Gasteiger partial charge in [-0.15, -0.1) is 0 Å². The number of hydrogen-bond acceptors (Lipinski definition) is 40. The van der Waals surface area contributed by atoms with E-state index < -0.39 is 187 Å². The second-order valence-electron chi connectivity index (χ2n) is 23.2. The van der Waals surface area contributed by atoms with Crippen LogP contribution in [0.15, 0.2) is 68.2 Å². The third-order valence-electron chi connectivity index (χ3n) is 14.9. The summed E-state index contributed by atoms with van der Waals surface area (Å²) in [5.74, 6) is 1.73. The zero-order chi connectivity index (χ0) is 82.6. The van der Waals surface area contributed by atoms with E-state index in [0.29, 0.717) is 23.3 Å². The molecule has 4 aromatic rings. The summed E-state index contributed by atoms with van der Waals surface area (Å²) in [5, 5.41) is 50.2. The van der Waals surface area contributed by atoms with E-state index in [2.05, 4.69) is 46.0 Å². The van der Waals surface area contributed by atoms with Crippen LogP contribution < -0.4 is 42.4 Å². The lowest BCUT2D eigenvalue weighted by molar-refractivity contribution is -0.0624. The van der Waals surface area contributed by atoms with Crippen molar-refractivity contribution in [1.82, 2.24) is 38.2 Å². The second kappa shape index (κ2) is 39.9. The Balaban J connectivity index is 0.000000262. The Morgan fingerprint density at radius 1 is 0.459 bits per heavy atom. The minimum atomic E-state index is -5.70. The maximum Gasteiger partial charge on any atom is 0.492 e. The molecular weight excluding hydrogens is 1660 g/mol. The quantitative estimate of drug-likeness (QED) is 0.0359. The van der Waals surface area contributed by atoms with Crippen molar-refractivity contribution in [2.75, 3.05) is 131 Å². The van der Waals surface area contributed by atoms with Crippen molar-refractivity contribution >= 4 is 98.8 Å². The van der Waals surface area contributed by atoms with Crippen LogP contribution in [0.3, 0.4) is 0 Å². The normalized spacial score (nSPS) is 31.2. The third kappa shape index (κ3) is 26.4. The number of hydrogen-bond donors (Lipinski definition) is 11. The fourth-order valence-corrected chi connectivity index (χ4v) is 18.6. The van der Waals surface area contributed by atoms with Crippen LogP contribution in [0, 0.1) is 0 Å². The first kappa shape index (κ1) is 95.4. The third-order valence-corrected chi connectivity index (χ3v) is 25.1. The molecular formula is C50H85Cl2N12O38P7. The SMILES string of the molecule is CC.COC1[C@@H](O)[C@@H](CO)O[C@H]1n1ccc(N(C)C)nc1=O.COC1[C@@H](O)[C@@H](COP(=O)(Cl)Cl)O[C@H]1n1ccc(N(C)C)nc1=O.COC1[C@@H](O)[C@@H](COP(=O)(O)OP(=O)(O)OP(=O)(O)O)O[C@H]1n1ccc(N(C)C)nc1=O.COC1[C@@H](O)[C@@H](COP2(=O)OP(=O)(O)OP(=O)(O)O2)O[C@H]1n1ccc(N(C)C)nc1=O. The first-order valence-electron chi connectivity index (χ1n) is 31.0. The molecule has 0 amide bonds. The van der Waals surface area contributed by atoms with Gasteiger partial charge in [-0.25, -0.2) is 46.6 Å². The summed E-state index contributed by atoms with van der Waals surface area (Å²) in [6, 6.07) is 6.30. The number of aromatic nitrogens is 8. The Morgan fingerprint density at radius 2 is 0.734 bits per heavy atom. The van der Waals surface area contributed by atoms with E-state index >= 15 is 0 Å². The van der Waals surface area contributed by atoms with E-state index in [1.165, 1.54) is 74.5 Å². The molecule has 4 aromatic heterocycles. The molecule has 5 fully saturated rings. The van der Waals surface area contributed by atoms with Crippen molar-refractivity contribution < 1.29 is 160 Å². The summed E-state index contributed by atoms with van der Waals surface area (Å²) in [6.07, 6.45) is -15.5. The van der Waals surface area contributed by atoms with Crippen molar-refractivity contribution in [3.63, 3.8) is 0 Å². The first-order chi connectivity index (χ1) is 50.4. The topological polar surface area (TPSA) is 642 Å². The van der Waals surface area contributed by atoms with Gasteiger partial charge in [0, 0.05) is 110 Å². The van der Waals surface area contributed by atoms with Gasteiger partial charge < -0.3 is 117 Å². The van der Waals surface area contributed by atoms with E-state index in [-0.39, 0.29) is 13.2 Å². The van der Waals surface area contributed by atoms with Gasteiger partial charge in [-0.2, -0.15) is 41.5 Å². The number of phosphoric ester groups is 1. The number of ether oxygens (including phenoxy) is 8. The fourth-order valence-electron chi connectivity index (χ4n) is 10.0. The highest BCUT2D eigenvalue weighted by atomic mass is 35.9. The zero-order valence-corrected chi connectivity index (χ0v) is 67.7. The van der Waals surface area contributed by atoms with Gasteiger partial charge >= 0.3 is 75.8 Å². The molecule has 8 unspecified atom stereocenters. The number of aliphatic hydroxyl groups excluding tert-OH is 5. The van der Waals surface area contributed by atoms with Crippen molar-refractivity contribution in [3.8, 4) is 0 Å². The van der Waals surface area contributed by atoms with Crippen molar-refractivity contribution in [2.24, 2.45) is 0 Å². The summed E-state index contributed by atoms with van der Waals surface area (Å²) in [6.45, 7) is 1.61. The molecule has 0 aliphatic carbocycles. The molecule has 20 atom stereocenters. The lowest BCUT2D eigenvalue weighted by atomic mass is 10.1. The molecule has 11 N–H and O–H groups in total. The van der Waals surface area contributed by atoms with Crippen LogP contribution in [0.2, 0.25) is 0 Å². The van der Waals surface area contributed by atoms with Crippen LogP contribution in [0.4, 0.5) is 23.3 Å². The van der Waals surface area contributed by atoms with Crippen LogP contribution in [0.5, 0.6) is 0 Å². The monoisotopic (exact) mass is 1750 g/mol. The Kier molecular flexibility index (Phi) is 34.9. The van der Waals surface area contributed by atoms with E-state index in [0.717, 1.165) is 9.13 Å². The van der Waals surface area contributed by atoms with Gasteiger partial charge in [0.25, 0.3) is 0 Å². The van der Waals surface area contributed by atoms with E-state index in [1.807, 2.05) is 13.8 Å². The highest BCUT2D eigenvalue weighted by Crippen LogP contribution is 2.80. The Bertz CT molecular complexity index is 4270. The molecule has 0 aromatic carbocycles. The average Bonchev–Trinajstić information content (AvgIpc) is 1.78. The average molecular weight is 1750 g/mol. The predicted molar refractivity (Wildman–Crippen MR) is 374 cm³/mol. The van der Waals surface area contributed by atoms with Gasteiger partial charge in [0.05, 0.1) is 26.4 Å². The largest absolute Gasteiger partial charge is 0.492 e. The highest BCUT2D eigenvalue weighted by Gasteiger charge is 2.56. The molecule has 5 aliphatic rings. The Hall–Kier alpha value is -4.17. The second-order valence-corrected chi connectivity index (χ2v) is 36.9. The summed E-state index contributed by atoms with van der Waals surface area (Å²) in [7, 11) is -13.1. The van der Waals surface area contributed by atoms with Gasteiger partial charge in [0.1, 0.15) is 96.5 Å².